The number of amides is 1. The van der Waals surface area contributed by atoms with Gasteiger partial charge in [-0.25, -0.2) is 4.98 Å². The number of carbonyl (C=O) groups excluding carboxylic acids is 1. The quantitative estimate of drug-likeness (QED) is 0.534. The molecule has 5 heteroatoms. The second-order valence-electron chi connectivity index (χ2n) is 5.32. The number of nitrogens with zero attached hydrogens (tertiary/aromatic N) is 1. The number of hydrogen-bond donors (Lipinski definition) is 1. The standard InChI is InChI=1S/C20H17ClN2O2/c21-19-17(11-12-18(23-19)15-7-3-1-4-8-15)20(24)22-13-14-25-16-9-5-2-6-10-16/h1-12H,13-14H2,(H,22,24). The molecule has 0 saturated carbocycles. The van der Waals surface area contributed by atoms with Crippen molar-refractivity contribution < 1.29 is 9.53 Å². The van der Waals surface area contributed by atoms with E-state index < -0.39 is 0 Å². The van der Waals surface area contributed by atoms with Gasteiger partial charge in [-0.15, -0.1) is 0 Å². The zero-order valence-electron chi connectivity index (χ0n) is 13.5. The smallest absolute Gasteiger partial charge is 0.254 e. The molecule has 0 saturated heterocycles. The first kappa shape index (κ1) is 17.0. The van der Waals surface area contributed by atoms with E-state index in [1.54, 1.807) is 12.1 Å². The summed E-state index contributed by atoms with van der Waals surface area (Å²) in [6, 6.07) is 22.6. The van der Waals surface area contributed by atoms with Gasteiger partial charge in [0.05, 0.1) is 17.8 Å². The molecule has 0 aliphatic rings. The number of para-hydroxylation sites is 1. The molecule has 25 heavy (non-hydrogen) atoms. The van der Waals surface area contributed by atoms with E-state index in [9.17, 15) is 4.79 Å². The Hall–Kier alpha value is -2.85. The molecule has 3 rings (SSSR count). The van der Waals surface area contributed by atoms with Gasteiger partial charge in [0.25, 0.3) is 5.91 Å². The summed E-state index contributed by atoms with van der Waals surface area (Å²) in [5.74, 6) is 0.498. The minimum absolute atomic E-state index is 0.183. The van der Waals surface area contributed by atoms with Crippen LogP contribution in [0, 0.1) is 0 Å². The third-order valence-electron chi connectivity index (χ3n) is 3.56. The predicted molar refractivity (Wildman–Crippen MR) is 99.0 cm³/mol. The van der Waals surface area contributed by atoms with Crippen LogP contribution in [0.2, 0.25) is 5.15 Å². The summed E-state index contributed by atoms with van der Waals surface area (Å²) in [5.41, 5.74) is 2.03. The molecule has 1 amide bonds. The van der Waals surface area contributed by atoms with E-state index in [0.29, 0.717) is 18.7 Å². The predicted octanol–water partition coefficient (Wildman–Crippen LogP) is 4.21. The highest BCUT2D eigenvalue weighted by Gasteiger charge is 2.12. The van der Waals surface area contributed by atoms with E-state index in [4.69, 9.17) is 16.3 Å². The van der Waals surface area contributed by atoms with Gasteiger partial charge in [0, 0.05) is 5.56 Å². The van der Waals surface area contributed by atoms with Crippen LogP contribution in [0.5, 0.6) is 5.75 Å². The Balaban J connectivity index is 1.57. The van der Waals surface area contributed by atoms with Gasteiger partial charge in [-0.2, -0.15) is 0 Å². The number of ether oxygens (including phenoxy) is 1. The number of halogens is 1. The van der Waals surface area contributed by atoms with E-state index >= 15 is 0 Å². The minimum atomic E-state index is -0.270. The molecule has 0 aliphatic carbocycles. The van der Waals surface area contributed by atoms with Gasteiger partial charge in [0.15, 0.2) is 0 Å². The lowest BCUT2D eigenvalue weighted by Gasteiger charge is -2.09. The van der Waals surface area contributed by atoms with Gasteiger partial charge in [-0.05, 0) is 24.3 Å². The normalized spacial score (nSPS) is 10.3. The largest absolute Gasteiger partial charge is 0.492 e. The van der Waals surface area contributed by atoms with Gasteiger partial charge in [0.1, 0.15) is 17.5 Å². The van der Waals surface area contributed by atoms with Crippen LogP contribution in [0.15, 0.2) is 72.8 Å². The third kappa shape index (κ3) is 4.58. The summed E-state index contributed by atoms with van der Waals surface area (Å²) in [7, 11) is 0. The minimum Gasteiger partial charge on any atom is -0.492 e. The summed E-state index contributed by atoms with van der Waals surface area (Å²) >= 11 is 6.18. The number of carbonyl (C=O) groups is 1. The fraction of sp³-hybridized carbons (Fsp3) is 0.100. The van der Waals surface area contributed by atoms with Crippen LogP contribution in [0.3, 0.4) is 0 Å². The van der Waals surface area contributed by atoms with Gasteiger partial charge in [-0.1, -0.05) is 60.1 Å². The summed E-state index contributed by atoms with van der Waals surface area (Å²) < 4.78 is 5.54. The molecule has 2 aromatic carbocycles. The maximum Gasteiger partial charge on any atom is 0.254 e. The fourth-order valence-corrected chi connectivity index (χ4v) is 2.56. The lowest BCUT2D eigenvalue weighted by molar-refractivity contribution is 0.0947. The van der Waals surface area contributed by atoms with E-state index in [-0.39, 0.29) is 11.1 Å². The van der Waals surface area contributed by atoms with Gasteiger partial charge < -0.3 is 10.1 Å². The van der Waals surface area contributed by atoms with Crippen molar-refractivity contribution >= 4 is 17.5 Å². The van der Waals surface area contributed by atoms with Crippen molar-refractivity contribution in [2.45, 2.75) is 0 Å². The molecular weight excluding hydrogens is 336 g/mol. The molecule has 0 unspecified atom stereocenters. The van der Waals surface area contributed by atoms with Crippen LogP contribution in [0.1, 0.15) is 10.4 Å². The highest BCUT2D eigenvalue weighted by atomic mass is 35.5. The Labute approximate surface area is 151 Å². The van der Waals surface area contributed by atoms with Gasteiger partial charge in [0.2, 0.25) is 0 Å². The molecular formula is C20H17ClN2O2. The molecule has 0 spiro atoms. The summed E-state index contributed by atoms with van der Waals surface area (Å²) in [5, 5.41) is 2.96. The lowest BCUT2D eigenvalue weighted by atomic mass is 10.1. The number of hydrogen-bond acceptors (Lipinski definition) is 3. The van der Waals surface area contributed by atoms with Crippen molar-refractivity contribution in [1.29, 1.82) is 0 Å². The molecule has 0 aliphatic heterocycles. The van der Waals surface area contributed by atoms with Crippen molar-refractivity contribution in [2.24, 2.45) is 0 Å². The zero-order chi connectivity index (χ0) is 17.5. The first-order chi connectivity index (χ1) is 12.2. The van der Waals surface area contributed by atoms with Crippen LogP contribution < -0.4 is 10.1 Å². The van der Waals surface area contributed by atoms with Crippen LogP contribution in [-0.4, -0.2) is 24.0 Å². The fourth-order valence-electron chi connectivity index (χ4n) is 2.32. The monoisotopic (exact) mass is 352 g/mol. The SMILES string of the molecule is O=C(NCCOc1ccccc1)c1ccc(-c2ccccc2)nc1Cl. The van der Waals surface area contributed by atoms with Gasteiger partial charge in [-0.3, -0.25) is 4.79 Å². The Kier molecular flexibility index (Phi) is 5.65. The highest BCUT2D eigenvalue weighted by Crippen LogP contribution is 2.21. The number of aromatic nitrogens is 1. The van der Waals surface area contributed by atoms with Crippen LogP contribution in [-0.2, 0) is 0 Å². The number of nitrogens with one attached hydrogen (secondary N) is 1. The van der Waals surface area contributed by atoms with E-state index in [0.717, 1.165) is 17.0 Å². The van der Waals surface area contributed by atoms with Crippen LogP contribution in [0.4, 0.5) is 0 Å². The Bertz CT molecular complexity index is 839. The Morgan fingerprint density at radius 1 is 0.960 bits per heavy atom. The maximum atomic E-state index is 12.2. The summed E-state index contributed by atoms with van der Waals surface area (Å²) in [6.07, 6.45) is 0. The Morgan fingerprint density at radius 3 is 2.32 bits per heavy atom. The molecule has 126 valence electrons. The molecule has 0 fully saturated rings. The zero-order valence-corrected chi connectivity index (χ0v) is 14.2. The third-order valence-corrected chi connectivity index (χ3v) is 3.85. The van der Waals surface area contributed by atoms with E-state index in [1.165, 1.54) is 0 Å². The summed E-state index contributed by atoms with van der Waals surface area (Å²) in [6.45, 7) is 0.757. The van der Waals surface area contributed by atoms with Crippen molar-refractivity contribution in [3.8, 4) is 17.0 Å². The first-order valence-corrected chi connectivity index (χ1v) is 8.30. The average Bonchev–Trinajstić information content (AvgIpc) is 2.66. The van der Waals surface area contributed by atoms with Crippen molar-refractivity contribution in [2.75, 3.05) is 13.2 Å². The Morgan fingerprint density at radius 2 is 1.64 bits per heavy atom. The van der Waals surface area contributed by atoms with Crippen molar-refractivity contribution in [3.63, 3.8) is 0 Å². The van der Waals surface area contributed by atoms with Crippen LogP contribution in [0.25, 0.3) is 11.3 Å². The second-order valence-corrected chi connectivity index (χ2v) is 5.68. The molecule has 0 radical (unpaired) electrons. The number of rotatable bonds is 6. The maximum absolute atomic E-state index is 12.2. The topological polar surface area (TPSA) is 51.2 Å². The van der Waals surface area contributed by atoms with Crippen molar-refractivity contribution in [3.05, 3.63) is 83.5 Å². The molecule has 3 aromatic rings. The molecule has 1 N–H and O–H groups in total. The molecule has 1 heterocycles. The lowest BCUT2D eigenvalue weighted by Crippen LogP contribution is -2.28. The summed E-state index contributed by atoms with van der Waals surface area (Å²) in [4.78, 5) is 16.5. The molecule has 4 nitrogen and oxygen atoms in total. The van der Waals surface area contributed by atoms with Gasteiger partial charge >= 0.3 is 0 Å². The second kappa shape index (κ2) is 8.31. The number of pyridine rings is 1. The van der Waals surface area contributed by atoms with Crippen molar-refractivity contribution in [1.82, 2.24) is 10.3 Å². The highest BCUT2D eigenvalue weighted by molar-refractivity contribution is 6.32. The average molecular weight is 353 g/mol. The first-order valence-electron chi connectivity index (χ1n) is 7.92. The van der Waals surface area contributed by atoms with E-state index in [1.807, 2.05) is 60.7 Å². The molecule has 0 atom stereocenters. The number of benzene rings is 2. The molecule has 0 bridgehead atoms. The molecule has 1 aromatic heterocycles. The van der Waals surface area contributed by atoms with Crippen LogP contribution >= 0.6 is 11.6 Å². The van der Waals surface area contributed by atoms with E-state index in [2.05, 4.69) is 10.3 Å².